The summed E-state index contributed by atoms with van der Waals surface area (Å²) in [6, 6.07) is 11.3. The predicted octanol–water partition coefficient (Wildman–Crippen LogP) is 2.57. The molecule has 72 valence electrons. The van der Waals surface area contributed by atoms with Crippen molar-refractivity contribution in [1.82, 2.24) is 4.90 Å². The number of benzene rings is 1. The second-order valence-electron chi connectivity index (χ2n) is 3.61. The van der Waals surface area contributed by atoms with Gasteiger partial charge in [0.15, 0.2) is 0 Å². The van der Waals surface area contributed by atoms with Crippen molar-refractivity contribution in [2.24, 2.45) is 0 Å². The van der Waals surface area contributed by atoms with Crippen LogP contribution in [0.25, 0.3) is 0 Å². The van der Waals surface area contributed by atoms with Gasteiger partial charge in [0.05, 0.1) is 0 Å². The molecule has 0 saturated heterocycles. The van der Waals surface area contributed by atoms with E-state index in [2.05, 4.69) is 56.1 Å². The Hall–Kier alpha value is -0.820. The third kappa shape index (κ3) is 3.19. The molecular formula is C12H19N. The van der Waals surface area contributed by atoms with E-state index in [1.54, 1.807) is 0 Å². The third-order valence-corrected chi connectivity index (χ3v) is 2.63. The van der Waals surface area contributed by atoms with E-state index in [0.717, 1.165) is 13.0 Å². The minimum absolute atomic E-state index is 0.632. The molecular weight excluding hydrogens is 158 g/mol. The third-order valence-electron chi connectivity index (χ3n) is 2.63. The normalized spacial score (nSPS) is 13.2. The van der Waals surface area contributed by atoms with Gasteiger partial charge in [-0.25, -0.2) is 0 Å². The summed E-state index contributed by atoms with van der Waals surface area (Å²) in [5.41, 5.74) is 1.43. The minimum Gasteiger partial charge on any atom is -0.304 e. The van der Waals surface area contributed by atoms with Crippen molar-refractivity contribution in [3.05, 3.63) is 35.9 Å². The molecule has 0 saturated carbocycles. The van der Waals surface area contributed by atoms with Crippen molar-refractivity contribution < 1.29 is 0 Å². The molecule has 1 heteroatoms. The summed E-state index contributed by atoms with van der Waals surface area (Å²) in [5.74, 6) is 0. The summed E-state index contributed by atoms with van der Waals surface area (Å²) < 4.78 is 0. The number of rotatable bonds is 4. The number of nitrogens with zero attached hydrogens (tertiary/aromatic N) is 1. The van der Waals surface area contributed by atoms with Crippen molar-refractivity contribution in [3.8, 4) is 0 Å². The zero-order valence-corrected chi connectivity index (χ0v) is 8.83. The van der Waals surface area contributed by atoms with Gasteiger partial charge in [0.1, 0.15) is 0 Å². The first-order valence-corrected chi connectivity index (χ1v) is 4.98. The molecule has 0 N–H and O–H groups in total. The van der Waals surface area contributed by atoms with E-state index in [-0.39, 0.29) is 0 Å². The SMILES string of the molecule is CCN(C)C(C)Cc1ccccc1. The quantitative estimate of drug-likeness (QED) is 0.683. The van der Waals surface area contributed by atoms with Crippen LogP contribution in [-0.4, -0.2) is 24.5 Å². The van der Waals surface area contributed by atoms with E-state index in [4.69, 9.17) is 0 Å². The fraction of sp³-hybridized carbons (Fsp3) is 0.500. The largest absolute Gasteiger partial charge is 0.304 e. The standard InChI is InChI=1S/C12H19N/c1-4-13(3)11(2)10-12-8-6-5-7-9-12/h5-9,11H,4,10H2,1-3H3. The number of hydrogen-bond acceptors (Lipinski definition) is 1. The van der Waals surface area contributed by atoms with Gasteiger partial charge in [-0.3, -0.25) is 0 Å². The molecule has 1 aromatic rings. The van der Waals surface area contributed by atoms with E-state index in [9.17, 15) is 0 Å². The fourth-order valence-corrected chi connectivity index (χ4v) is 1.42. The first kappa shape index (κ1) is 10.3. The number of hydrogen-bond donors (Lipinski definition) is 0. The van der Waals surface area contributed by atoms with Crippen LogP contribution in [0.1, 0.15) is 19.4 Å². The first-order chi connectivity index (χ1) is 6.24. The Morgan fingerprint density at radius 3 is 2.38 bits per heavy atom. The highest BCUT2D eigenvalue weighted by Crippen LogP contribution is 2.06. The average molecular weight is 177 g/mol. The molecule has 1 atom stereocenters. The second-order valence-corrected chi connectivity index (χ2v) is 3.61. The Balaban J connectivity index is 2.50. The molecule has 0 aliphatic carbocycles. The minimum atomic E-state index is 0.632. The van der Waals surface area contributed by atoms with E-state index in [1.807, 2.05) is 0 Å². The highest BCUT2D eigenvalue weighted by atomic mass is 15.1. The maximum absolute atomic E-state index is 2.37. The molecule has 1 unspecified atom stereocenters. The molecule has 0 spiro atoms. The molecule has 0 fully saturated rings. The van der Waals surface area contributed by atoms with Crippen LogP contribution in [-0.2, 0) is 6.42 Å². The lowest BCUT2D eigenvalue weighted by Gasteiger charge is -2.22. The van der Waals surface area contributed by atoms with Crippen molar-refractivity contribution in [1.29, 1.82) is 0 Å². The lowest BCUT2D eigenvalue weighted by molar-refractivity contribution is 0.270. The maximum Gasteiger partial charge on any atom is 0.0104 e. The van der Waals surface area contributed by atoms with Gasteiger partial charge in [0, 0.05) is 6.04 Å². The fourth-order valence-electron chi connectivity index (χ4n) is 1.42. The zero-order chi connectivity index (χ0) is 9.68. The van der Waals surface area contributed by atoms with Gasteiger partial charge >= 0.3 is 0 Å². The Morgan fingerprint density at radius 2 is 1.85 bits per heavy atom. The second kappa shape index (κ2) is 5.03. The lowest BCUT2D eigenvalue weighted by Crippen LogP contribution is -2.30. The topological polar surface area (TPSA) is 3.24 Å². The lowest BCUT2D eigenvalue weighted by atomic mass is 10.1. The average Bonchev–Trinajstić information content (AvgIpc) is 2.18. The van der Waals surface area contributed by atoms with Crippen LogP contribution in [0.2, 0.25) is 0 Å². The monoisotopic (exact) mass is 177 g/mol. The molecule has 0 aliphatic rings. The summed E-state index contributed by atoms with van der Waals surface area (Å²) in [4.78, 5) is 2.37. The van der Waals surface area contributed by atoms with Crippen LogP contribution in [0.4, 0.5) is 0 Å². The predicted molar refractivity (Wildman–Crippen MR) is 57.9 cm³/mol. The molecule has 0 radical (unpaired) electrons. The molecule has 0 aliphatic heterocycles. The molecule has 0 amide bonds. The molecule has 0 bridgehead atoms. The van der Waals surface area contributed by atoms with Gasteiger partial charge in [-0.15, -0.1) is 0 Å². The summed E-state index contributed by atoms with van der Waals surface area (Å²) in [6.45, 7) is 5.59. The highest BCUT2D eigenvalue weighted by Gasteiger charge is 2.06. The molecule has 13 heavy (non-hydrogen) atoms. The van der Waals surface area contributed by atoms with Crippen LogP contribution in [0, 0.1) is 0 Å². The Morgan fingerprint density at radius 1 is 1.23 bits per heavy atom. The van der Waals surface area contributed by atoms with Gasteiger partial charge in [0.25, 0.3) is 0 Å². The first-order valence-electron chi connectivity index (χ1n) is 4.98. The van der Waals surface area contributed by atoms with Gasteiger partial charge in [-0.1, -0.05) is 37.3 Å². The van der Waals surface area contributed by atoms with Gasteiger partial charge < -0.3 is 4.90 Å². The van der Waals surface area contributed by atoms with Crippen LogP contribution >= 0.6 is 0 Å². The van der Waals surface area contributed by atoms with Gasteiger partial charge in [-0.2, -0.15) is 0 Å². The van der Waals surface area contributed by atoms with Crippen molar-refractivity contribution in [2.45, 2.75) is 26.3 Å². The van der Waals surface area contributed by atoms with Crippen LogP contribution < -0.4 is 0 Å². The number of likely N-dealkylation sites (N-methyl/N-ethyl adjacent to an activating group) is 1. The summed E-state index contributed by atoms with van der Waals surface area (Å²) in [6.07, 6.45) is 1.14. The van der Waals surface area contributed by atoms with E-state index in [0.29, 0.717) is 6.04 Å². The van der Waals surface area contributed by atoms with Gasteiger partial charge in [0.2, 0.25) is 0 Å². The van der Waals surface area contributed by atoms with Gasteiger partial charge in [-0.05, 0) is 32.5 Å². The van der Waals surface area contributed by atoms with Crippen LogP contribution in [0.5, 0.6) is 0 Å². The van der Waals surface area contributed by atoms with Crippen molar-refractivity contribution >= 4 is 0 Å². The van der Waals surface area contributed by atoms with E-state index < -0.39 is 0 Å². The van der Waals surface area contributed by atoms with Crippen molar-refractivity contribution in [2.75, 3.05) is 13.6 Å². The molecule has 1 nitrogen and oxygen atoms in total. The summed E-state index contributed by atoms with van der Waals surface area (Å²) in [7, 11) is 2.17. The Bertz CT molecular complexity index is 230. The zero-order valence-electron chi connectivity index (χ0n) is 8.83. The van der Waals surface area contributed by atoms with E-state index >= 15 is 0 Å². The van der Waals surface area contributed by atoms with E-state index in [1.165, 1.54) is 5.56 Å². The maximum atomic E-state index is 2.37. The van der Waals surface area contributed by atoms with Crippen LogP contribution in [0.15, 0.2) is 30.3 Å². The Kier molecular flexibility index (Phi) is 3.97. The molecule has 1 rings (SSSR count). The Labute approximate surface area is 81.4 Å². The molecule has 0 aromatic heterocycles. The summed E-state index contributed by atoms with van der Waals surface area (Å²) >= 11 is 0. The van der Waals surface area contributed by atoms with Crippen molar-refractivity contribution in [3.63, 3.8) is 0 Å². The van der Waals surface area contributed by atoms with Crippen LogP contribution in [0.3, 0.4) is 0 Å². The summed E-state index contributed by atoms with van der Waals surface area (Å²) in [5, 5.41) is 0. The molecule has 1 aromatic carbocycles. The smallest absolute Gasteiger partial charge is 0.0104 e. The molecule has 0 heterocycles. The highest BCUT2D eigenvalue weighted by molar-refractivity contribution is 5.15.